The third-order valence-corrected chi connectivity index (χ3v) is 5.37. The quantitative estimate of drug-likeness (QED) is 0.415. The number of rotatable bonds is 8. The first-order valence-electron chi connectivity index (χ1n) is 10.6. The molecule has 1 amide bonds. The van der Waals surface area contributed by atoms with E-state index in [0.29, 0.717) is 12.8 Å². The molecule has 0 fully saturated rings. The van der Waals surface area contributed by atoms with E-state index in [1.54, 1.807) is 7.11 Å². The number of aromatic amines is 1. The molecule has 4 rings (SSSR count). The second-order valence-corrected chi connectivity index (χ2v) is 7.80. The van der Waals surface area contributed by atoms with Crippen molar-refractivity contribution in [2.45, 2.75) is 32.6 Å². The molecule has 0 aliphatic rings. The van der Waals surface area contributed by atoms with E-state index in [1.807, 2.05) is 36.4 Å². The van der Waals surface area contributed by atoms with Crippen molar-refractivity contribution in [2.24, 2.45) is 0 Å². The number of aromatic nitrogens is 2. The lowest BCUT2D eigenvalue weighted by Gasteiger charge is -2.07. The number of imidazole rings is 1. The fraction of sp³-hybridized carbons (Fsp3) is 0.231. The van der Waals surface area contributed by atoms with Gasteiger partial charge in [0.25, 0.3) is 0 Å². The van der Waals surface area contributed by atoms with Crippen LogP contribution in [0.5, 0.6) is 5.75 Å². The van der Waals surface area contributed by atoms with Crippen LogP contribution in [0.4, 0.5) is 5.69 Å². The van der Waals surface area contributed by atoms with Gasteiger partial charge in [0.2, 0.25) is 5.91 Å². The fourth-order valence-electron chi connectivity index (χ4n) is 3.59. The van der Waals surface area contributed by atoms with Crippen molar-refractivity contribution in [2.75, 3.05) is 12.4 Å². The van der Waals surface area contributed by atoms with Crippen molar-refractivity contribution >= 4 is 22.6 Å². The summed E-state index contributed by atoms with van der Waals surface area (Å²) in [7, 11) is 1.65. The first-order valence-corrected chi connectivity index (χ1v) is 10.6. The highest BCUT2D eigenvalue weighted by Crippen LogP contribution is 2.17. The number of H-pyrrole nitrogens is 1. The van der Waals surface area contributed by atoms with Crippen LogP contribution in [-0.2, 0) is 24.1 Å². The number of nitrogens with zero attached hydrogens (tertiary/aromatic N) is 1. The van der Waals surface area contributed by atoms with Crippen molar-refractivity contribution < 1.29 is 9.53 Å². The summed E-state index contributed by atoms with van der Waals surface area (Å²) >= 11 is 0. The van der Waals surface area contributed by atoms with E-state index < -0.39 is 0 Å². The number of anilines is 1. The smallest absolute Gasteiger partial charge is 0.224 e. The Balaban J connectivity index is 1.26. The Kier molecular flexibility index (Phi) is 6.32. The minimum atomic E-state index is 0.0149. The van der Waals surface area contributed by atoms with Gasteiger partial charge in [0.1, 0.15) is 11.6 Å². The number of fused-ring (bicyclic) bond motifs is 1. The van der Waals surface area contributed by atoms with E-state index in [-0.39, 0.29) is 5.91 Å². The zero-order chi connectivity index (χ0) is 21.6. The number of hydrogen-bond acceptors (Lipinski definition) is 3. The number of methoxy groups -OCH3 is 1. The molecule has 0 unspecified atom stereocenters. The van der Waals surface area contributed by atoms with Crippen molar-refractivity contribution in [3.05, 3.63) is 89.2 Å². The summed E-state index contributed by atoms with van der Waals surface area (Å²) in [6.07, 6.45) is 2.89. The summed E-state index contributed by atoms with van der Waals surface area (Å²) in [6.45, 7) is 2.08. The lowest BCUT2D eigenvalue weighted by Crippen LogP contribution is -2.12. The Bertz CT molecular complexity index is 1160. The fourth-order valence-corrected chi connectivity index (χ4v) is 3.59. The van der Waals surface area contributed by atoms with Crippen molar-refractivity contribution in [3.8, 4) is 5.75 Å². The topological polar surface area (TPSA) is 67.0 Å². The highest BCUT2D eigenvalue weighted by Gasteiger charge is 2.06. The Labute approximate surface area is 182 Å². The van der Waals surface area contributed by atoms with Gasteiger partial charge in [0.15, 0.2) is 0 Å². The Morgan fingerprint density at radius 3 is 2.39 bits per heavy atom. The summed E-state index contributed by atoms with van der Waals surface area (Å²) in [5, 5.41) is 2.98. The van der Waals surface area contributed by atoms with E-state index in [0.717, 1.165) is 46.7 Å². The van der Waals surface area contributed by atoms with Crippen LogP contribution in [0.2, 0.25) is 0 Å². The molecule has 158 valence electrons. The van der Waals surface area contributed by atoms with Gasteiger partial charge < -0.3 is 15.0 Å². The molecule has 0 bridgehead atoms. The second-order valence-electron chi connectivity index (χ2n) is 7.80. The predicted molar refractivity (Wildman–Crippen MR) is 125 cm³/mol. The zero-order valence-electron chi connectivity index (χ0n) is 17.9. The zero-order valence-corrected chi connectivity index (χ0v) is 17.9. The van der Waals surface area contributed by atoms with Crippen LogP contribution in [0, 0.1) is 6.92 Å². The van der Waals surface area contributed by atoms with E-state index in [2.05, 4.69) is 52.5 Å². The lowest BCUT2D eigenvalue weighted by atomic mass is 10.1. The first kappa shape index (κ1) is 20.7. The first-order chi connectivity index (χ1) is 15.1. The molecule has 0 saturated heterocycles. The summed E-state index contributed by atoms with van der Waals surface area (Å²) in [5.41, 5.74) is 6.47. The number of benzene rings is 3. The molecular formula is C26H27N3O2. The summed E-state index contributed by atoms with van der Waals surface area (Å²) in [5.74, 6) is 1.83. The molecule has 0 radical (unpaired) electrons. The van der Waals surface area contributed by atoms with E-state index in [4.69, 9.17) is 4.74 Å². The molecule has 3 aromatic carbocycles. The number of nitrogens with one attached hydrogen (secondary N) is 2. The molecule has 0 atom stereocenters. The highest BCUT2D eigenvalue weighted by molar-refractivity contribution is 5.90. The minimum Gasteiger partial charge on any atom is -0.497 e. The van der Waals surface area contributed by atoms with Crippen molar-refractivity contribution in [1.29, 1.82) is 0 Å². The maximum absolute atomic E-state index is 12.3. The van der Waals surface area contributed by atoms with Gasteiger partial charge in [-0.05, 0) is 72.9 Å². The Hall–Kier alpha value is -3.60. The van der Waals surface area contributed by atoms with Crippen LogP contribution in [-0.4, -0.2) is 23.0 Å². The van der Waals surface area contributed by atoms with Crippen molar-refractivity contribution in [1.82, 2.24) is 9.97 Å². The number of hydrogen-bond donors (Lipinski definition) is 2. The van der Waals surface area contributed by atoms with Gasteiger partial charge in [-0.15, -0.1) is 0 Å². The average molecular weight is 414 g/mol. The number of ether oxygens (including phenoxy) is 1. The van der Waals surface area contributed by atoms with Crippen LogP contribution in [0.1, 0.15) is 28.9 Å². The minimum absolute atomic E-state index is 0.0149. The van der Waals surface area contributed by atoms with Crippen LogP contribution >= 0.6 is 0 Å². The third kappa shape index (κ3) is 5.51. The summed E-state index contributed by atoms with van der Waals surface area (Å²) < 4.78 is 5.16. The third-order valence-electron chi connectivity index (χ3n) is 5.37. The van der Waals surface area contributed by atoms with Gasteiger partial charge in [-0.2, -0.15) is 0 Å². The Morgan fingerprint density at radius 2 is 1.65 bits per heavy atom. The molecule has 5 heteroatoms. The molecule has 4 aromatic rings. The van der Waals surface area contributed by atoms with Gasteiger partial charge in [0.05, 0.1) is 18.1 Å². The molecule has 1 aromatic heterocycles. The largest absolute Gasteiger partial charge is 0.497 e. The maximum atomic E-state index is 12.3. The maximum Gasteiger partial charge on any atom is 0.224 e. The normalized spacial score (nSPS) is 10.9. The van der Waals surface area contributed by atoms with Crippen LogP contribution in [0.15, 0.2) is 66.7 Å². The summed E-state index contributed by atoms with van der Waals surface area (Å²) in [6, 6.07) is 22.1. The van der Waals surface area contributed by atoms with E-state index in [1.165, 1.54) is 11.1 Å². The van der Waals surface area contributed by atoms with Crippen LogP contribution in [0.25, 0.3) is 11.0 Å². The molecule has 0 aliphatic heterocycles. The van der Waals surface area contributed by atoms with Gasteiger partial charge in [-0.1, -0.05) is 30.3 Å². The molecular weight excluding hydrogens is 386 g/mol. The molecule has 0 aliphatic carbocycles. The average Bonchev–Trinajstić information content (AvgIpc) is 3.19. The number of carbonyl (C=O) groups is 1. The second kappa shape index (κ2) is 9.47. The number of amides is 1. The molecule has 0 saturated carbocycles. The molecule has 1 heterocycles. The lowest BCUT2D eigenvalue weighted by molar-refractivity contribution is -0.116. The molecule has 2 N–H and O–H groups in total. The predicted octanol–water partition coefficient (Wildman–Crippen LogP) is 5.24. The van der Waals surface area contributed by atoms with Gasteiger partial charge in [-0.3, -0.25) is 4.79 Å². The van der Waals surface area contributed by atoms with Gasteiger partial charge >= 0.3 is 0 Å². The molecule has 5 nitrogen and oxygen atoms in total. The highest BCUT2D eigenvalue weighted by atomic mass is 16.5. The van der Waals surface area contributed by atoms with Gasteiger partial charge in [0, 0.05) is 18.5 Å². The van der Waals surface area contributed by atoms with E-state index in [9.17, 15) is 4.79 Å². The standard InChI is InChI=1S/C26H27N3O2/c1-18-3-14-23-24(17-18)29-25(28-23)15-8-19-4-10-21(11-5-19)27-26(30)16-9-20-6-12-22(31-2)13-7-20/h3-7,10-14,17H,8-9,15-16H2,1-2H3,(H,27,30)(H,28,29). The monoisotopic (exact) mass is 413 g/mol. The summed E-state index contributed by atoms with van der Waals surface area (Å²) in [4.78, 5) is 20.3. The molecule has 0 spiro atoms. The van der Waals surface area contributed by atoms with Crippen LogP contribution in [0.3, 0.4) is 0 Å². The van der Waals surface area contributed by atoms with Crippen LogP contribution < -0.4 is 10.1 Å². The van der Waals surface area contributed by atoms with Crippen molar-refractivity contribution in [3.63, 3.8) is 0 Å². The van der Waals surface area contributed by atoms with E-state index >= 15 is 0 Å². The Morgan fingerprint density at radius 1 is 0.935 bits per heavy atom. The molecule has 31 heavy (non-hydrogen) atoms. The number of carbonyl (C=O) groups excluding carboxylic acids is 1. The van der Waals surface area contributed by atoms with Gasteiger partial charge in [-0.25, -0.2) is 4.98 Å². The SMILES string of the molecule is COc1ccc(CCC(=O)Nc2ccc(CCc3nc4ccc(C)cc4[nH]3)cc2)cc1. The number of aryl methyl sites for hydroxylation is 4.